The number of hydrogen-bond donors (Lipinski definition) is 4. The number of fused-ring (bicyclic) bond motifs is 1. The summed E-state index contributed by atoms with van der Waals surface area (Å²) in [6.45, 7) is 6.28. The molecule has 2 aromatic carbocycles. The number of anilines is 1. The standard InChI is InChI=1S/C21H28N4O3/c1-21(2,12-22)13-24-20(23-10-9-15-3-6-17(26)7-4-15)25-16-5-8-18-19(11-16)28-14-27-18/h3-8,11,26H,9-10,12-14,22H2,1-2H3,(H2,23,24,25). The molecular formula is C21H28N4O3. The molecule has 0 aliphatic carbocycles. The molecule has 0 fully saturated rings. The minimum Gasteiger partial charge on any atom is -0.508 e. The Kier molecular flexibility index (Phi) is 6.26. The van der Waals surface area contributed by atoms with Gasteiger partial charge in [-0.1, -0.05) is 26.0 Å². The molecule has 0 bridgehead atoms. The van der Waals surface area contributed by atoms with Crippen LogP contribution in [0.3, 0.4) is 0 Å². The van der Waals surface area contributed by atoms with Crippen LogP contribution in [0.15, 0.2) is 47.5 Å². The van der Waals surface area contributed by atoms with Gasteiger partial charge in [-0.15, -0.1) is 0 Å². The number of hydrogen-bond acceptors (Lipinski definition) is 5. The maximum atomic E-state index is 9.40. The molecule has 0 amide bonds. The second-order valence-corrected chi connectivity index (χ2v) is 7.57. The smallest absolute Gasteiger partial charge is 0.231 e. The van der Waals surface area contributed by atoms with E-state index in [4.69, 9.17) is 20.2 Å². The minimum absolute atomic E-state index is 0.0829. The molecule has 28 heavy (non-hydrogen) atoms. The van der Waals surface area contributed by atoms with Gasteiger partial charge in [0.15, 0.2) is 17.5 Å². The first kappa shape index (κ1) is 19.8. The number of rotatable bonds is 7. The summed E-state index contributed by atoms with van der Waals surface area (Å²) in [5, 5.41) is 16.1. The summed E-state index contributed by atoms with van der Waals surface area (Å²) in [4.78, 5) is 4.70. The molecule has 150 valence electrons. The van der Waals surface area contributed by atoms with Crippen LogP contribution in [0.5, 0.6) is 17.2 Å². The largest absolute Gasteiger partial charge is 0.508 e. The lowest BCUT2D eigenvalue weighted by molar-refractivity contribution is 0.174. The fourth-order valence-electron chi connectivity index (χ4n) is 2.60. The number of aromatic hydroxyl groups is 1. The highest BCUT2D eigenvalue weighted by Gasteiger charge is 2.16. The first-order chi connectivity index (χ1) is 13.4. The van der Waals surface area contributed by atoms with Crippen LogP contribution >= 0.6 is 0 Å². The number of benzene rings is 2. The van der Waals surface area contributed by atoms with Crippen molar-refractivity contribution in [3.8, 4) is 17.2 Å². The summed E-state index contributed by atoms with van der Waals surface area (Å²) >= 11 is 0. The van der Waals surface area contributed by atoms with E-state index < -0.39 is 0 Å². The molecule has 0 atom stereocenters. The summed E-state index contributed by atoms with van der Waals surface area (Å²) in [5.74, 6) is 2.41. The average Bonchev–Trinajstić information content (AvgIpc) is 3.15. The SMILES string of the molecule is CC(C)(CN)CN=C(NCCc1ccc(O)cc1)Nc1ccc2c(c1)OCO2. The number of nitrogens with one attached hydrogen (secondary N) is 2. The van der Waals surface area contributed by atoms with Crippen molar-refractivity contribution in [2.24, 2.45) is 16.1 Å². The van der Waals surface area contributed by atoms with Crippen LogP contribution in [0.25, 0.3) is 0 Å². The van der Waals surface area contributed by atoms with Gasteiger partial charge < -0.3 is 30.9 Å². The molecule has 5 N–H and O–H groups in total. The van der Waals surface area contributed by atoms with E-state index in [0.717, 1.165) is 29.2 Å². The van der Waals surface area contributed by atoms with E-state index in [1.54, 1.807) is 12.1 Å². The van der Waals surface area contributed by atoms with Crippen LogP contribution in [0, 0.1) is 5.41 Å². The highest BCUT2D eigenvalue weighted by molar-refractivity contribution is 5.94. The number of phenolic OH excluding ortho intramolecular Hbond substituents is 1. The van der Waals surface area contributed by atoms with Crippen molar-refractivity contribution >= 4 is 11.6 Å². The molecule has 0 saturated carbocycles. The van der Waals surface area contributed by atoms with Gasteiger partial charge in [-0.25, -0.2) is 0 Å². The topological polar surface area (TPSA) is 101 Å². The number of guanidine groups is 1. The molecule has 0 saturated heterocycles. The Hall–Kier alpha value is -2.93. The van der Waals surface area contributed by atoms with Crippen LogP contribution in [-0.4, -0.2) is 37.5 Å². The van der Waals surface area contributed by atoms with Crippen molar-refractivity contribution in [2.45, 2.75) is 20.3 Å². The molecule has 0 unspecified atom stereocenters. The zero-order valence-corrected chi connectivity index (χ0v) is 16.4. The van der Waals surface area contributed by atoms with E-state index >= 15 is 0 Å². The minimum atomic E-state index is -0.0829. The quantitative estimate of drug-likeness (QED) is 0.433. The predicted molar refractivity (Wildman–Crippen MR) is 111 cm³/mol. The summed E-state index contributed by atoms with van der Waals surface area (Å²) in [6.07, 6.45) is 0.808. The lowest BCUT2D eigenvalue weighted by Gasteiger charge is -2.21. The summed E-state index contributed by atoms with van der Waals surface area (Å²) < 4.78 is 10.8. The van der Waals surface area contributed by atoms with Crippen molar-refractivity contribution in [3.05, 3.63) is 48.0 Å². The third-order valence-corrected chi connectivity index (χ3v) is 4.50. The van der Waals surface area contributed by atoms with E-state index in [1.165, 1.54) is 0 Å². The van der Waals surface area contributed by atoms with Crippen molar-refractivity contribution < 1.29 is 14.6 Å². The summed E-state index contributed by atoms with van der Waals surface area (Å²) in [6, 6.07) is 12.9. The molecule has 2 aromatic rings. The van der Waals surface area contributed by atoms with Gasteiger partial charge >= 0.3 is 0 Å². The van der Waals surface area contributed by atoms with Gasteiger partial charge in [0.05, 0.1) is 0 Å². The van der Waals surface area contributed by atoms with Crippen molar-refractivity contribution in [2.75, 3.05) is 31.7 Å². The van der Waals surface area contributed by atoms with E-state index in [9.17, 15) is 5.11 Å². The monoisotopic (exact) mass is 384 g/mol. The van der Waals surface area contributed by atoms with E-state index in [0.29, 0.717) is 25.6 Å². The first-order valence-electron chi connectivity index (χ1n) is 9.38. The fourth-order valence-corrected chi connectivity index (χ4v) is 2.60. The molecule has 0 spiro atoms. The van der Waals surface area contributed by atoms with Crippen molar-refractivity contribution in [1.82, 2.24) is 5.32 Å². The molecule has 7 heteroatoms. The lowest BCUT2D eigenvalue weighted by Crippen LogP contribution is -2.35. The lowest BCUT2D eigenvalue weighted by atomic mass is 9.94. The zero-order valence-electron chi connectivity index (χ0n) is 16.4. The third kappa shape index (κ3) is 5.53. The van der Waals surface area contributed by atoms with Crippen LogP contribution < -0.4 is 25.8 Å². The van der Waals surface area contributed by atoms with Gasteiger partial charge in [-0.05, 0) is 48.2 Å². The van der Waals surface area contributed by atoms with Gasteiger partial charge in [0.2, 0.25) is 6.79 Å². The molecule has 1 aliphatic rings. The number of phenols is 1. The first-order valence-corrected chi connectivity index (χ1v) is 9.38. The normalized spacial score (nSPS) is 13.5. The van der Waals surface area contributed by atoms with Gasteiger partial charge in [0, 0.05) is 24.8 Å². The molecule has 7 nitrogen and oxygen atoms in total. The predicted octanol–water partition coefficient (Wildman–Crippen LogP) is 2.71. The number of aliphatic imine (C=N–C) groups is 1. The highest BCUT2D eigenvalue weighted by atomic mass is 16.7. The average molecular weight is 384 g/mol. The Balaban J connectivity index is 1.65. The van der Waals surface area contributed by atoms with Crippen LogP contribution in [0.2, 0.25) is 0 Å². The highest BCUT2D eigenvalue weighted by Crippen LogP contribution is 2.34. The molecule has 1 aliphatic heterocycles. The van der Waals surface area contributed by atoms with Gasteiger partial charge in [-0.2, -0.15) is 0 Å². The van der Waals surface area contributed by atoms with E-state index in [2.05, 4.69) is 24.5 Å². The van der Waals surface area contributed by atoms with Crippen molar-refractivity contribution in [3.63, 3.8) is 0 Å². The molecule has 0 radical (unpaired) electrons. The van der Waals surface area contributed by atoms with Gasteiger partial charge in [0.1, 0.15) is 5.75 Å². The molecule has 1 heterocycles. The Morgan fingerprint density at radius 1 is 1.14 bits per heavy atom. The van der Waals surface area contributed by atoms with Gasteiger partial charge in [-0.3, -0.25) is 4.99 Å². The van der Waals surface area contributed by atoms with Crippen molar-refractivity contribution in [1.29, 1.82) is 0 Å². The Labute approximate surface area is 165 Å². The van der Waals surface area contributed by atoms with Crippen LogP contribution in [0.1, 0.15) is 19.4 Å². The zero-order chi connectivity index (χ0) is 20.0. The maximum absolute atomic E-state index is 9.40. The molecule has 0 aromatic heterocycles. The number of nitrogens with zero attached hydrogens (tertiary/aromatic N) is 1. The second-order valence-electron chi connectivity index (χ2n) is 7.57. The third-order valence-electron chi connectivity index (χ3n) is 4.50. The van der Waals surface area contributed by atoms with Crippen LogP contribution in [0.4, 0.5) is 5.69 Å². The number of nitrogens with two attached hydrogens (primary N) is 1. The van der Waals surface area contributed by atoms with E-state index in [-0.39, 0.29) is 18.0 Å². The number of ether oxygens (including phenoxy) is 2. The Bertz CT molecular complexity index is 819. The Morgan fingerprint density at radius 2 is 1.89 bits per heavy atom. The summed E-state index contributed by atoms with van der Waals surface area (Å²) in [7, 11) is 0. The Morgan fingerprint density at radius 3 is 2.64 bits per heavy atom. The fraction of sp³-hybridized carbons (Fsp3) is 0.381. The van der Waals surface area contributed by atoms with Crippen LogP contribution in [-0.2, 0) is 6.42 Å². The van der Waals surface area contributed by atoms with E-state index in [1.807, 2.05) is 30.3 Å². The molecular weight excluding hydrogens is 356 g/mol. The molecule has 3 rings (SSSR count). The summed E-state index contributed by atoms with van der Waals surface area (Å²) in [5.41, 5.74) is 7.75. The second kappa shape index (κ2) is 8.84. The van der Waals surface area contributed by atoms with Gasteiger partial charge in [0.25, 0.3) is 0 Å². The maximum Gasteiger partial charge on any atom is 0.231 e.